The number of nitrogen functional groups attached to an aromatic ring is 1. The van der Waals surface area contributed by atoms with Crippen molar-refractivity contribution in [1.82, 2.24) is 20.6 Å². The number of aliphatic imine (C=N–C) groups is 1. The van der Waals surface area contributed by atoms with Gasteiger partial charge >= 0.3 is 0 Å². The summed E-state index contributed by atoms with van der Waals surface area (Å²) in [7, 11) is 0. The zero-order valence-electron chi connectivity index (χ0n) is 21.4. The molecule has 1 aliphatic heterocycles. The molecule has 37 heavy (non-hydrogen) atoms. The van der Waals surface area contributed by atoms with Crippen LogP contribution in [-0.4, -0.2) is 22.3 Å². The fourth-order valence-electron chi connectivity index (χ4n) is 3.73. The monoisotopic (exact) mass is 497 g/mol. The molecule has 2 heterocycles. The van der Waals surface area contributed by atoms with E-state index in [0.717, 1.165) is 28.1 Å². The summed E-state index contributed by atoms with van der Waals surface area (Å²) in [6.07, 6.45) is 9.45. The van der Waals surface area contributed by atoms with Crippen molar-refractivity contribution in [2.75, 3.05) is 12.3 Å². The van der Waals surface area contributed by atoms with Crippen LogP contribution in [-0.2, 0) is 0 Å². The first-order chi connectivity index (χ1) is 17.7. The van der Waals surface area contributed by atoms with Crippen LogP contribution in [0.2, 0.25) is 0 Å². The third-order valence-electron chi connectivity index (χ3n) is 6.11. The average molecular weight is 498 g/mol. The SMILES string of the molecule is C=C/C(=C\C=C(/C)c1cnc(N)c(C)n1)CN=C1NC=C(C#N)CC1C(=C)NC(C)c1ccc(F)cc1. The smallest absolute Gasteiger partial charge is 0.144 e. The van der Waals surface area contributed by atoms with Crippen LogP contribution in [0.15, 0.2) is 89.9 Å². The van der Waals surface area contributed by atoms with E-state index in [2.05, 4.69) is 39.8 Å². The predicted octanol–water partition coefficient (Wildman–Crippen LogP) is 5.30. The van der Waals surface area contributed by atoms with Gasteiger partial charge in [-0.3, -0.25) is 4.99 Å². The maximum Gasteiger partial charge on any atom is 0.144 e. The minimum atomic E-state index is -0.280. The maximum absolute atomic E-state index is 13.3. The molecule has 3 rings (SSSR count). The van der Waals surface area contributed by atoms with E-state index in [1.807, 2.05) is 32.9 Å². The molecule has 0 amide bonds. The molecular weight excluding hydrogens is 465 g/mol. The summed E-state index contributed by atoms with van der Waals surface area (Å²) < 4.78 is 13.3. The van der Waals surface area contributed by atoms with E-state index < -0.39 is 0 Å². The summed E-state index contributed by atoms with van der Waals surface area (Å²) in [6.45, 7) is 14.3. The lowest BCUT2D eigenvalue weighted by molar-refractivity contribution is 0.582. The molecule has 0 fully saturated rings. The van der Waals surface area contributed by atoms with E-state index in [9.17, 15) is 9.65 Å². The lowest BCUT2D eigenvalue weighted by Gasteiger charge is -2.28. The van der Waals surface area contributed by atoms with Crippen molar-refractivity contribution >= 4 is 17.2 Å². The van der Waals surface area contributed by atoms with Gasteiger partial charge in [-0.05, 0) is 56.0 Å². The molecule has 0 radical (unpaired) electrons. The van der Waals surface area contributed by atoms with Crippen molar-refractivity contribution in [2.24, 2.45) is 10.9 Å². The quantitative estimate of drug-likeness (QED) is 0.405. The van der Waals surface area contributed by atoms with Crippen molar-refractivity contribution in [3.8, 4) is 6.07 Å². The molecule has 2 unspecified atom stereocenters. The Morgan fingerprint density at radius 2 is 2.11 bits per heavy atom. The normalized spacial score (nSPS) is 17.9. The van der Waals surface area contributed by atoms with Gasteiger partial charge in [0.15, 0.2) is 0 Å². The highest BCUT2D eigenvalue weighted by Gasteiger charge is 2.25. The van der Waals surface area contributed by atoms with Crippen LogP contribution in [0.25, 0.3) is 5.57 Å². The van der Waals surface area contributed by atoms with Gasteiger partial charge in [-0.2, -0.15) is 5.26 Å². The lowest BCUT2D eigenvalue weighted by atomic mass is 9.92. The molecule has 0 saturated heterocycles. The Hall–Kier alpha value is -4.51. The van der Waals surface area contributed by atoms with Crippen molar-refractivity contribution < 1.29 is 4.39 Å². The summed E-state index contributed by atoms with van der Waals surface area (Å²) in [6, 6.07) is 8.46. The number of aromatic nitrogens is 2. The molecule has 0 bridgehead atoms. The first kappa shape index (κ1) is 27.1. The molecule has 1 aromatic heterocycles. The maximum atomic E-state index is 13.3. The molecule has 4 N–H and O–H groups in total. The van der Waals surface area contributed by atoms with E-state index in [1.165, 1.54) is 12.1 Å². The van der Waals surface area contributed by atoms with Crippen molar-refractivity contribution in [3.63, 3.8) is 0 Å². The first-order valence-corrected chi connectivity index (χ1v) is 11.9. The number of aryl methyl sites for hydroxylation is 1. The summed E-state index contributed by atoms with van der Waals surface area (Å²) in [5, 5.41) is 16.0. The summed E-state index contributed by atoms with van der Waals surface area (Å²) in [5.74, 6) is 0.619. The topological polar surface area (TPSA) is 112 Å². The highest BCUT2D eigenvalue weighted by atomic mass is 19.1. The van der Waals surface area contributed by atoms with Gasteiger partial charge in [0.1, 0.15) is 17.5 Å². The minimum Gasteiger partial charge on any atom is -0.382 e. The molecule has 7 nitrogen and oxygen atoms in total. The van der Waals surface area contributed by atoms with Gasteiger partial charge in [0.05, 0.1) is 36.1 Å². The first-order valence-electron chi connectivity index (χ1n) is 11.9. The van der Waals surface area contributed by atoms with Gasteiger partial charge in [-0.1, -0.05) is 43.5 Å². The van der Waals surface area contributed by atoms with E-state index in [1.54, 1.807) is 30.6 Å². The molecular formula is C29H32FN7. The molecule has 0 spiro atoms. The Morgan fingerprint density at radius 1 is 1.38 bits per heavy atom. The van der Waals surface area contributed by atoms with Gasteiger partial charge in [0.25, 0.3) is 0 Å². The second-order valence-electron chi connectivity index (χ2n) is 8.85. The standard InChI is InChI=1S/C29H32FN7/c1-6-22(8-7-18(2)27-17-33-28(32)21(5)37-27)15-34-29-26(13-23(14-31)16-35-29)20(4)36-19(3)24-9-11-25(30)12-10-24/h6-12,16-17,19,26,36H,1,4,13,15H2,2-3,5H3,(H2,32,33)(H,34,35)/b18-7+,22-8+. The van der Waals surface area contributed by atoms with Crippen molar-refractivity contribution in [3.05, 3.63) is 108 Å². The number of halogens is 1. The van der Waals surface area contributed by atoms with Crippen molar-refractivity contribution in [2.45, 2.75) is 33.2 Å². The number of nitrogens with two attached hydrogens (primary N) is 1. The number of hydrogen-bond donors (Lipinski definition) is 3. The van der Waals surface area contributed by atoms with Gasteiger partial charge in [-0.25, -0.2) is 14.4 Å². The third-order valence-corrected chi connectivity index (χ3v) is 6.11. The highest BCUT2D eigenvalue weighted by Crippen LogP contribution is 2.25. The number of hydrogen-bond acceptors (Lipinski definition) is 6. The fourth-order valence-corrected chi connectivity index (χ4v) is 3.73. The fraction of sp³-hybridized carbons (Fsp3) is 0.241. The second kappa shape index (κ2) is 12.5. The summed E-state index contributed by atoms with van der Waals surface area (Å²) in [5.41, 5.74) is 11.3. The van der Waals surface area contributed by atoms with Crippen LogP contribution in [0.4, 0.5) is 10.2 Å². The number of nitrogens with one attached hydrogen (secondary N) is 2. The molecule has 1 aliphatic rings. The van der Waals surface area contributed by atoms with Gasteiger partial charge in [0.2, 0.25) is 0 Å². The van der Waals surface area contributed by atoms with Crippen LogP contribution in [0, 0.1) is 30.0 Å². The zero-order valence-corrected chi connectivity index (χ0v) is 21.4. The van der Waals surface area contributed by atoms with Crippen LogP contribution in [0.5, 0.6) is 0 Å². The van der Waals surface area contributed by atoms with Crippen LogP contribution >= 0.6 is 0 Å². The molecule has 190 valence electrons. The molecule has 8 heteroatoms. The van der Waals surface area contributed by atoms with Crippen LogP contribution in [0.1, 0.15) is 43.3 Å². The predicted molar refractivity (Wildman–Crippen MR) is 147 cm³/mol. The molecule has 2 atom stereocenters. The number of benzene rings is 1. The largest absolute Gasteiger partial charge is 0.382 e. The lowest BCUT2D eigenvalue weighted by Crippen LogP contribution is -2.37. The van der Waals surface area contributed by atoms with Crippen LogP contribution in [0.3, 0.4) is 0 Å². The average Bonchev–Trinajstić information content (AvgIpc) is 2.90. The number of nitriles is 1. The molecule has 1 aromatic carbocycles. The minimum absolute atomic E-state index is 0.0948. The molecule has 2 aromatic rings. The Morgan fingerprint density at radius 3 is 2.76 bits per heavy atom. The van der Waals surface area contributed by atoms with Gasteiger partial charge < -0.3 is 16.4 Å². The molecule has 0 aliphatic carbocycles. The van der Waals surface area contributed by atoms with E-state index in [0.29, 0.717) is 35.9 Å². The van der Waals surface area contributed by atoms with E-state index in [4.69, 9.17) is 10.7 Å². The summed E-state index contributed by atoms with van der Waals surface area (Å²) in [4.78, 5) is 13.4. The number of amidine groups is 1. The number of nitrogens with zero attached hydrogens (tertiary/aromatic N) is 4. The third kappa shape index (κ3) is 7.24. The number of rotatable bonds is 9. The highest BCUT2D eigenvalue weighted by molar-refractivity contribution is 5.89. The van der Waals surface area contributed by atoms with Gasteiger partial charge in [-0.15, -0.1) is 0 Å². The Balaban J connectivity index is 1.77. The van der Waals surface area contributed by atoms with Crippen molar-refractivity contribution in [1.29, 1.82) is 5.26 Å². The van der Waals surface area contributed by atoms with Crippen LogP contribution < -0.4 is 16.4 Å². The number of anilines is 1. The Labute approximate surface area is 217 Å². The second-order valence-corrected chi connectivity index (χ2v) is 8.85. The van der Waals surface area contributed by atoms with E-state index >= 15 is 0 Å². The Kier molecular flexibility index (Phi) is 9.11. The number of allylic oxidation sites excluding steroid dienone is 4. The zero-order chi connectivity index (χ0) is 26.9. The summed E-state index contributed by atoms with van der Waals surface area (Å²) >= 11 is 0. The Bertz CT molecular complexity index is 1330. The van der Waals surface area contributed by atoms with E-state index in [-0.39, 0.29) is 17.8 Å². The van der Waals surface area contributed by atoms with Gasteiger partial charge in [0, 0.05) is 23.5 Å². The molecule has 0 saturated carbocycles.